The average molecular weight is 499 g/mol. The molecule has 34 heavy (non-hydrogen) atoms. The molecule has 3 heterocycles. The number of ether oxygens (including phenoxy) is 2. The van der Waals surface area contributed by atoms with Crippen LogP contribution in [-0.2, 0) is 11.2 Å². The number of rotatable bonds is 8. The number of thiophene rings is 1. The van der Waals surface area contributed by atoms with E-state index in [1.54, 1.807) is 16.2 Å². The van der Waals surface area contributed by atoms with E-state index < -0.39 is 0 Å². The van der Waals surface area contributed by atoms with Crippen LogP contribution in [0, 0.1) is 0 Å². The zero-order valence-electron chi connectivity index (χ0n) is 19.4. The zero-order chi connectivity index (χ0) is 23.3. The van der Waals surface area contributed by atoms with Crippen molar-refractivity contribution < 1.29 is 14.3 Å². The van der Waals surface area contributed by atoms with Gasteiger partial charge in [-0.25, -0.2) is 0 Å². The molecular formula is C25H30N4O3S2. The van der Waals surface area contributed by atoms with Crippen LogP contribution in [0.5, 0.6) is 11.5 Å². The van der Waals surface area contributed by atoms with E-state index >= 15 is 0 Å². The smallest absolute Gasteiger partial charge is 0.232 e. The Hall–Kier alpha value is -2.52. The van der Waals surface area contributed by atoms with Crippen LogP contribution in [0.1, 0.15) is 48.8 Å². The predicted molar refractivity (Wildman–Crippen MR) is 134 cm³/mol. The van der Waals surface area contributed by atoms with Gasteiger partial charge >= 0.3 is 0 Å². The molecule has 1 aliphatic heterocycles. The lowest BCUT2D eigenvalue weighted by Crippen LogP contribution is -2.42. The maximum Gasteiger partial charge on any atom is 0.232 e. The van der Waals surface area contributed by atoms with Crippen molar-refractivity contribution in [2.75, 3.05) is 26.0 Å². The van der Waals surface area contributed by atoms with E-state index in [-0.39, 0.29) is 12.0 Å². The molecule has 1 fully saturated rings. The van der Waals surface area contributed by atoms with Gasteiger partial charge in [0.15, 0.2) is 22.8 Å². The molecular weight excluding hydrogens is 468 g/mol. The molecule has 0 radical (unpaired) electrons. The molecule has 3 aromatic rings. The summed E-state index contributed by atoms with van der Waals surface area (Å²) >= 11 is 3.24. The summed E-state index contributed by atoms with van der Waals surface area (Å²) in [5.74, 6) is 2.86. The standard InChI is InChI=1S/C25H30N4O3S2/c1-28(15-19-16-31-21-11-5-6-12-22(21)32-19)24(30)17-34-25-27-26-23(14-20-10-7-13-33-20)29(25)18-8-3-2-4-9-18/h5-7,10-13,18-19H,2-4,8-9,14-17H2,1H3. The first-order chi connectivity index (χ1) is 16.7. The zero-order valence-corrected chi connectivity index (χ0v) is 21.0. The van der Waals surface area contributed by atoms with Gasteiger partial charge < -0.3 is 18.9 Å². The van der Waals surface area contributed by atoms with Gasteiger partial charge in [-0.2, -0.15) is 0 Å². The summed E-state index contributed by atoms with van der Waals surface area (Å²) in [6, 6.07) is 12.3. The maximum atomic E-state index is 12.9. The second-order valence-corrected chi connectivity index (χ2v) is 10.9. The number of hydrogen-bond acceptors (Lipinski definition) is 7. The summed E-state index contributed by atoms with van der Waals surface area (Å²) in [5.41, 5.74) is 0. The topological polar surface area (TPSA) is 69.5 Å². The van der Waals surface area contributed by atoms with Gasteiger partial charge in [0.25, 0.3) is 0 Å². The Morgan fingerprint density at radius 1 is 1.15 bits per heavy atom. The van der Waals surface area contributed by atoms with Crippen molar-refractivity contribution in [3.05, 3.63) is 52.5 Å². The molecule has 1 unspecified atom stereocenters. The van der Waals surface area contributed by atoms with E-state index in [1.165, 1.54) is 35.9 Å². The normalized spacial score (nSPS) is 18.1. The summed E-state index contributed by atoms with van der Waals surface area (Å²) in [4.78, 5) is 15.9. The lowest BCUT2D eigenvalue weighted by Gasteiger charge is -2.29. The Morgan fingerprint density at radius 3 is 2.76 bits per heavy atom. The van der Waals surface area contributed by atoms with Crippen molar-refractivity contribution in [3.63, 3.8) is 0 Å². The van der Waals surface area contributed by atoms with Gasteiger partial charge in [-0.15, -0.1) is 21.5 Å². The first-order valence-corrected chi connectivity index (χ1v) is 13.8. The minimum absolute atomic E-state index is 0.0467. The highest BCUT2D eigenvalue weighted by Crippen LogP contribution is 2.34. The molecule has 2 aliphatic rings. The largest absolute Gasteiger partial charge is 0.486 e. The summed E-state index contributed by atoms with van der Waals surface area (Å²) in [6.07, 6.45) is 6.67. The number of likely N-dealkylation sites (N-methyl/N-ethyl adjacent to an activating group) is 1. The van der Waals surface area contributed by atoms with Crippen LogP contribution in [0.2, 0.25) is 0 Å². The molecule has 0 bridgehead atoms. The molecule has 1 atom stereocenters. The van der Waals surface area contributed by atoms with E-state index in [9.17, 15) is 4.79 Å². The van der Waals surface area contributed by atoms with E-state index in [0.717, 1.165) is 41.7 Å². The van der Waals surface area contributed by atoms with Crippen molar-refractivity contribution in [1.82, 2.24) is 19.7 Å². The van der Waals surface area contributed by atoms with E-state index in [2.05, 4.69) is 32.3 Å². The lowest BCUT2D eigenvalue weighted by atomic mass is 9.95. The van der Waals surface area contributed by atoms with E-state index in [0.29, 0.717) is 24.9 Å². The third-order valence-electron chi connectivity index (χ3n) is 6.38. The number of thioether (sulfide) groups is 1. The fourth-order valence-corrected chi connectivity index (χ4v) is 6.26. The Labute approximate surface area is 208 Å². The first kappa shape index (κ1) is 23.2. The van der Waals surface area contributed by atoms with E-state index in [1.807, 2.05) is 31.3 Å². The van der Waals surface area contributed by atoms with Crippen LogP contribution in [0.25, 0.3) is 0 Å². The van der Waals surface area contributed by atoms with Crippen LogP contribution in [-0.4, -0.2) is 57.6 Å². The van der Waals surface area contributed by atoms with Gasteiger partial charge in [0, 0.05) is 24.4 Å². The molecule has 1 aliphatic carbocycles. The monoisotopic (exact) mass is 498 g/mol. The first-order valence-electron chi connectivity index (χ1n) is 11.9. The second-order valence-electron chi connectivity index (χ2n) is 8.88. The molecule has 5 rings (SSSR count). The summed E-state index contributed by atoms with van der Waals surface area (Å²) in [6.45, 7) is 0.913. The number of aromatic nitrogens is 3. The van der Waals surface area contributed by atoms with Crippen LogP contribution in [0.4, 0.5) is 0 Å². The fourth-order valence-electron chi connectivity index (χ4n) is 4.60. The van der Waals surface area contributed by atoms with Crippen molar-refractivity contribution in [2.45, 2.75) is 55.8 Å². The highest BCUT2D eigenvalue weighted by Gasteiger charge is 2.26. The minimum Gasteiger partial charge on any atom is -0.486 e. The predicted octanol–water partition coefficient (Wildman–Crippen LogP) is 4.83. The summed E-state index contributed by atoms with van der Waals surface area (Å²) in [7, 11) is 1.82. The van der Waals surface area contributed by atoms with Crippen molar-refractivity contribution in [1.29, 1.82) is 0 Å². The average Bonchev–Trinajstić information content (AvgIpc) is 3.53. The van der Waals surface area contributed by atoms with Gasteiger partial charge in [-0.05, 0) is 36.4 Å². The van der Waals surface area contributed by atoms with Crippen molar-refractivity contribution in [3.8, 4) is 11.5 Å². The number of carbonyl (C=O) groups is 1. The Morgan fingerprint density at radius 2 is 1.97 bits per heavy atom. The van der Waals surface area contributed by atoms with Gasteiger partial charge in [0.05, 0.1) is 12.3 Å². The number of fused-ring (bicyclic) bond motifs is 1. The Balaban J connectivity index is 1.21. The van der Waals surface area contributed by atoms with E-state index in [4.69, 9.17) is 9.47 Å². The van der Waals surface area contributed by atoms with Gasteiger partial charge in [0.2, 0.25) is 5.91 Å². The molecule has 0 spiro atoms. The highest BCUT2D eigenvalue weighted by atomic mass is 32.2. The van der Waals surface area contributed by atoms with Gasteiger partial charge in [0.1, 0.15) is 12.4 Å². The summed E-state index contributed by atoms with van der Waals surface area (Å²) < 4.78 is 14.1. The Kier molecular flexibility index (Phi) is 7.39. The maximum absolute atomic E-state index is 12.9. The second kappa shape index (κ2) is 10.8. The highest BCUT2D eigenvalue weighted by molar-refractivity contribution is 7.99. The molecule has 180 valence electrons. The summed E-state index contributed by atoms with van der Waals surface area (Å²) in [5, 5.41) is 12.0. The molecule has 1 saturated carbocycles. The molecule has 1 aromatic carbocycles. The lowest BCUT2D eigenvalue weighted by molar-refractivity contribution is -0.128. The van der Waals surface area contributed by atoms with Crippen LogP contribution in [0.3, 0.4) is 0 Å². The molecule has 9 heteroatoms. The molecule has 1 amide bonds. The number of nitrogens with zero attached hydrogens (tertiary/aromatic N) is 4. The third kappa shape index (κ3) is 5.41. The minimum atomic E-state index is -0.183. The molecule has 7 nitrogen and oxygen atoms in total. The number of carbonyl (C=O) groups excluding carboxylic acids is 1. The van der Waals surface area contributed by atoms with Crippen molar-refractivity contribution in [2.24, 2.45) is 0 Å². The molecule has 0 saturated heterocycles. The van der Waals surface area contributed by atoms with Gasteiger partial charge in [-0.1, -0.05) is 49.2 Å². The van der Waals surface area contributed by atoms with Crippen LogP contribution < -0.4 is 9.47 Å². The number of hydrogen-bond donors (Lipinski definition) is 0. The number of para-hydroxylation sites is 2. The van der Waals surface area contributed by atoms with Crippen molar-refractivity contribution >= 4 is 29.0 Å². The van der Waals surface area contributed by atoms with Gasteiger partial charge in [-0.3, -0.25) is 4.79 Å². The Bertz CT molecular complexity index is 1100. The third-order valence-corrected chi connectivity index (χ3v) is 8.19. The SMILES string of the molecule is CN(CC1COc2ccccc2O1)C(=O)CSc1nnc(Cc2cccs2)n1C1CCCCC1. The molecule has 0 N–H and O–H groups in total. The number of benzene rings is 1. The number of amides is 1. The van der Waals surface area contributed by atoms with Crippen LogP contribution in [0.15, 0.2) is 46.9 Å². The van der Waals surface area contributed by atoms with Crippen LogP contribution >= 0.6 is 23.1 Å². The quantitative estimate of drug-likeness (QED) is 0.415. The fraction of sp³-hybridized carbons (Fsp3) is 0.480. The molecule has 2 aromatic heterocycles.